The second kappa shape index (κ2) is 6.13. The summed E-state index contributed by atoms with van der Waals surface area (Å²) in [6.07, 6.45) is 7.35. The molecule has 2 N–H and O–H groups in total. The Balaban J connectivity index is 1.65. The molecule has 2 aliphatic carbocycles. The molecule has 8 heteroatoms. The van der Waals surface area contributed by atoms with Gasteiger partial charge in [0.05, 0.1) is 5.92 Å². The SMILES string of the molecule is CC1(C)[C@H](c2nc(C3CCCCC3)no2)[C@H]1c1cccnc1S(N)(=O)=O. The van der Waals surface area contributed by atoms with Crippen LogP contribution in [0.2, 0.25) is 0 Å². The van der Waals surface area contributed by atoms with Crippen LogP contribution in [-0.2, 0) is 10.0 Å². The van der Waals surface area contributed by atoms with Gasteiger partial charge in [0.25, 0.3) is 10.0 Å². The van der Waals surface area contributed by atoms with E-state index in [9.17, 15) is 8.42 Å². The third-order valence-corrected chi connectivity index (χ3v) is 6.81. The lowest BCUT2D eigenvalue weighted by atomic mass is 9.89. The van der Waals surface area contributed by atoms with Gasteiger partial charge in [-0.3, -0.25) is 0 Å². The molecule has 140 valence electrons. The minimum Gasteiger partial charge on any atom is -0.339 e. The molecular weight excluding hydrogens is 352 g/mol. The minimum atomic E-state index is -3.88. The summed E-state index contributed by atoms with van der Waals surface area (Å²) in [6, 6.07) is 3.51. The molecule has 0 bridgehead atoms. The van der Waals surface area contributed by atoms with Gasteiger partial charge in [0.1, 0.15) is 0 Å². The molecule has 0 aliphatic heterocycles. The van der Waals surface area contributed by atoms with Crippen molar-refractivity contribution >= 4 is 10.0 Å². The van der Waals surface area contributed by atoms with Gasteiger partial charge in [0.15, 0.2) is 10.9 Å². The lowest BCUT2D eigenvalue weighted by Gasteiger charge is -2.17. The number of hydrogen-bond acceptors (Lipinski definition) is 6. The summed E-state index contributed by atoms with van der Waals surface area (Å²) in [5, 5.41) is 9.51. The van der Waals surface area contributed by atoms with Crippen molar-refractivity contribution in [1.29, 1.82) is 0 Å². The van der Waals surface area contributed by atoms with Crippen LogP contribution in [0.3, 0.4) is 0 Å². The standard InChI is InChI=1S/C18H24N4O3S/c1-18(2)13(12-9-6-10-20-17(12)26(19,23)24)14(18)16-21-15(22-25-16)11-7-4-3-5-8-11/h6,9-11,13-14H,3-5,7-8H2,1-2H3,(H2,19,23,24)/t13-,14+/m1/s1. The highest BCUT2D eigenvalue weighted by atomic mass is 32.2. The van der Waals surface area contributed by atoms with Crippen molar-refractivity contribution in [3.63, 3.8) is 0 Å². The van der Waals surface area contributed by atoms with Crippen LogP contribution in [-0.4, -0.2) is 23.5 Å². The molecule has 2 aliphatic rings. The van der Waals surface area contributed by atoms with Crippen LogP contribution in [0.1, 0.15) is 81.0 Å². The predicted octanol–water partition coefficient (Wildman–Crippen LogP) is 3.07. The first-order chi connectivity index (χ1) is 12.3. The summed E-state index contributed by atoms with van der Waals surface area (Å²) in [6.45, 7) is 4.15. The van der Waals surface area contributed by atoms with Gasteiger partial charge in [-0.1, -0.05) is 44.3 Å². The molecule has 2 aromatic rings. The first kappa shape index (κ1) is 17.6. The maximum atomic E-state index is 11.9. The molecule has 7 nitrogen and oxygen atoms in total. The first-order valence-electron chi connectivity index (χ1n) is 9.11. The zero-order valence-corrected chi connectivity index (χ0v) is 15.9. The highest BCUT2D eigenvalue weighted by Gasteiger charge is 2.63. The fourth-order valence-corrected chi connectivity index (χ4v) is 5.19. The fourth-order valence-electron chi connectivity index (χ4n) is 4.46. The van der Waals surface area contributed by atoms with Crippen molar-refractivity contribution in [2.24, 2.45) is 10.6 Å². The second-order valence-electron chi connectivity index (χ2n) is 8.05. The molecule has 2 aromatic heterocycles. The Morgan fingerprint density at radius 2 is 1.92 bits per heavy atom. The molecule has 2 saturated carbocycles. The Morgan fingerprint density at radius 1 is 1.19 bits per heavy atom. The molecule has 2 heterocycles. The quantitative estimate of drug-likeness (QED) is 0.877. The summed E-state index contributed by atoms with van der Waals surface area (Å²) < 4.78 is 29.4. The zero-order chi connectivity index (χ0) is 18.5. The summed E-state index contributed by atoms with van der Waals surface area (Å²) in [5.74, 6) is 1.66. The van der Waals surface area contributed by atoms with E-state index in [1.54, 1.807) is 12.1 Å². The van der Waals surface area contributed by atoms with Gasteiger partial charge in [-0.2, -0.15) is 4.98 Å². The third kappa shape index (κ3) is 2.95. The van der Waals surface area contributed by atoms with Crippen LogP contribution in [0.4, 0.5) is 0 Å². The fraction of sp³-hybridized carbons (Fsp3) is 0.611. The van der Waals surface area contributed by atoms with Gasteiger partial charge < -0.3 is 4.52 Å². The highest BCUT2D eigenvalue weighted by molar-refractivity contribution is 7.89. The van der Waals surface area contributed by atoms with Gasteiger partial charge >= 0.3 is 0 Å². The number of rotatable bonds is 4. The van der Waals surface area contributed by atoms with E-state index in [2.05, 4.69) is 29.0 Å². The number of primary sulfonamides is 1. The number of nitrogens with zero attached hydrogens (tertiary/aromatic N) is 3. The van der Waals surface area contributed by atoms with Crippen molar-refractivity contribution in [2.75, 3.05) is 0 Å². The molecule has 0 amide bonds. The average molecular weight is 376 g/mol. The number of sulfonamides is 1. The van der Waals surface area contributed by atoms with Crippen molar-refractivity contribution in [3.8, 4) is 0 Å². The van der Waals surface area contributed by atoms with E-state index in [-0.39, 0.29) is 22.3 Å². The molecule has 0 aromatic carbocycles. The van der Waals surface area contributed by atoms with Gasteiger partial charge in [-0.25, -0.2) is 18.5 Å². The van der Waals surface area contributed by atoms with Crippen LogP contribution < -0.4 is 5.14 Å². The largest absolute Gasteiger partial charge is 0.339 e. The van der Waals surface area contributed by atoms with Crippen LogP contribution in [0.25, 0.3) is 0 Å². The summed E-state index contributed by atoms with van der Waals surface area (Å²) in [7, 11) is -3.88. The van der Waals surface area contributed by atoms with E-state index >= 15 is 0 Å². The number of pyridine rings is 1. The molecular formula is C18H24N4O3S. The van der Waals surface area contributed by atoms with E-state index in [1.165, 1.54) is 25.5 Å². The number of aromatic nitrogens is 3. The molecule has 4 rings (SSSR count). The molecule has 0 unspecified atom stereocenters. The maximum absolute atomic E-state index is 11.9. The van der Waals surface area contributed by atoms with E-state index in [0.29, 0.717) is 17.4 Å². The van der Waals surface area contributed by atoms with Crippen LogP contribution >= 0.6 is 0 Å². The highest BCUT2D eigenvalue weighted by Crippen LogP contribution is 2.70. The molecule has 2 atom stereocenters. The Kier molecular flexibility index (Phi) is 4.15. The summed E-state index contributed by atoms with van der Waals surface area (Å²) >= 11 is 0. The van der Waals surface area contributed by atoms with E-state index < -0.39 is 10.0 Å². The molecule has 0 spiro atoms. The normalized spacial score (nSPS) is 26.0. The zero-order valence-electron chi connectivity index (χ0n) is 15.1. The van der Waals surface area contributed by atoms with Crippen LogP contribution in [0, 0.1) is 5.41 Å². The second-order valence-corrected chi connectivity index (χ2v) is 9.52. The summed E-state index contributed by atoms with van der Waals surface area (Å²) in [5.41, 5.74) is 0.432. The van der Waals surface area contributed by atoms with Crippen molar-refractivity contribution in [3.05, 3.63) is 35.6 Å². The van der Waals surface area contributed by atoms with Gasteiger partial charge in [0.2, 0.25) is 5.89 Å². The Labute approximate surface area is 153 Å². The molecule has 26 heavy (non-hydrogen) atoms. The summed E-state index contributed by atoms with van der Waals surface area (Å²) in [4.78, 5) is 8.68. The van der Waals surface area contributed by atoms with E-state index in [1.807, 2.05) is 0 Å². The molecule has 2 fully saturated rings. The van der Waals surface area contributed by atoms with Crippen molar-refractivity contribution in [2.45, 2.75) is 68.7 Å². The number of hydrogen-bond donors (Lipinski definition) is 1. The Hall–Kier alpha value is -1.80. The van der Waals surface area contributed by atoms with Crippen LogP contribution in [0.15, 0.2) is 27.9 Å². The third-order valence-electron chi connectivity index (χ3n) is 5.93. The maximum Gasteiger partial charge on any atom is 0.255 e. The lowest BCUT2D eigenvalue weighted by Crippen LogP contribution is -2.16. The lowest BCUT2D eigenvalue weighted by molar-refractivity contribution is 0.351. The van der Waals surface area contributed by atoms with Crippen LogP contribution in [0.5, 0.6) is 0 Å². The van der Waals surface area contributed by atoms with E-state index in [4.69, 9.17) is 9.66 Å². The molecule has 0 radical (unpaired) electrons. The van der Waals surface area contributed by atoms with E-state index in [0.717, 1.165) is 18.7 Å². The molecule has 0 saturated heterocycles. The van der Waals surface area contributed by atoms with Crippen molar-refractivity contribution in [1.82, 2.24) is 15.1 Å². The predicted molar refractivity (Wildman–Crippen MR) is 95.0 cm³/mol. The van der Waals surface area contributed by atoms with Gasteiger partial charge in [-0.15, -0.1) is 0 Å². The van der Waals surface area contributed by atoms with Gasteiger partial charge in [0, 0.05) is 18.0 Å². The first-order valence-corrected chi connectivity index (χ1v) is 10.7. The Morgan fingerprint density at radius 3 is 2.62 bits per heavy atom. The average Bonchev–Trinajstić information content (AvgIpc) is 2.95. The van der Waals surface area contributed by atoms with Gasteiger partial charge in [-0.05, 0) is 29.9 Å². The topological polar surface area (TPSA) is 112 Å². The monoisotopic (exact) mass is 376 g/mol. The minimum absolute atomic E-state index is 0.0305. The smallest absolute Gasteiger partial charge is 0.255 e. The van der Waals surface area contributed by atoms with Crippen molar-refractivity contribution < 1.29 is 12.9 Å². The Bertz CT molecular complexity index is 916. The number of nitrogens with two attached hydrogens (primary N) is 1.